The molecule has 0 bridgehead atoms. The molecule has 172 valence electrons. The van der Waals surface area contributed by atoms with Gasteiger partial charge in [0.1, 0.15) is 5.75 Å². The van der Waals surface area contributed by atoms with Gasteiger partial charge in [0.05, 0.1) is 19.3 Å². The van der Waals surface area contributed by atoms with Crippen LogP contribution < -0.4 is 4.74 Å². The first-order chi connectivity index (χ1) is 15.5. The lowest BCUT2D eigenvalue weighted by molar-refractivity contribution is 0.0697. The number of hydrogen-bond acceptors (Lipinski definition) is 4. The van der Waals surface area contributed by atoms with Gasteiger partial charge in [-0.05, 0) is 43.2 Å². The lowest BCUT2D eigenvalue weighted by atomic mass is 10.0. The van der Waals surface area contributed by atoms with Crippen molar-refractivity contribution in [2.45, 2.75) is 19.9 Å². The number of hydrogen-bond donors (Lipinski definition) is 2. The van der Waals surface area contributed by atoms with Gasteiger partial charge in [0.25, 0.3) is 0 Å². The Bertz CT molecular complexity index is 998. The molecular weight excluding hydrogens is 409 g/mol. The maximum Gasteiger partial charge on any atom is 0.335 e. The lowest BCUT2D eigenvalue weighted by Crippen LogP contribution is -2.46. The summed E-state index contributed by atoms with van der Waals surface area (Å²) in [5.41, 5.74) is 3.99. The van der Waals surface area contributed by atoms with E-state index in [1.165, 1.54) is 22.0 Å². The summed E-state index contributed by atoms with van der Waals surface area (Å²) in [6.45, 7) is 7.75. The van der Waals surface area contributed by atoms with Gasteiger partial charge in [0.2, 0.25) is 0 Å². The normalized spacial score (nSPS) is 14.7. The van der Waals surface area contributed by atoms with E-state index in [4.69, 9.17) is 9.84 Å². The fourth-order valence-electron chi connectivity index (χ4n) is 4.04. The number of aromatic carboxylic acids is 1. The minimum Gasteiger partial charge on any atom is -0.496 e. The van der Waals surface area contributed by atoms with E-state index in [-0.39, 0.29) is 6.67 Å². The maximum absolute atomic E-state index is 12.3. The van der Waals surface area contributed by atoms with Crippen molar-refractivity contribution in [2.24, 2.45) is 0 Å². The van der Waals surface area contributed by atoms with Gasteiger partial charge in [-0.3, -0.25) is 9.29 Å². The quantitative estimate of drug-likeness (QED) is 0.571. The Labute approximate surface area is 188 Å². The van der Waals surface area contributed by atoms with Crippen LogP contribution in [0.3, 0.4) is 0 Å². The van der Waals surface area contributed by atoms with Crippen molar-refractivity contribution in [1.29, 1.82) is 0 Å². The van der Waals surface area contributed by atoms with Crippen LogP contribution in [-0.4, -0.2) is 72.4 Å². The largest absolute Gasteiger partial charge is 0.496 e. The van der Waals surface area contributed by atoms with Crippen LogP contribution in [0.2, 0.25) is 0 Å². The molecule has 6 nitrogen and oxygen atoms in total. The number of H-pyrrole nitrogens is 1. The zero-order chi connectivity index (χ0) is 22.9. The standard InChI is InChI=1S/C18H26FN3O.C7H6O2/c1-14-12-17(23-2)16(15-4-6-20-18(14)15)13-22-10-8-21(9-11-22)7-3-5-19;8-7(9)6-4-2-1-3-5-6/h4,6,12,20H,3,5,7-11,13H2,1-2H3;1-5H,(H,8,9). The molecule has 0 amide bonds. The smallest absolute Gasteiger partial charge is 0.335 e. The summed E-state index contributed by atoms with van der Waals surface area (Å²) in [5, 5.41) is 9.64. The molecule has 3 aromatic rings. The molecule has 1 aromatic heterocycles. The molecule has 1 aliphatic heterocycles. The van der Waals surface area contributed by atoms with E-state index in [2.05, 4.69) is 33.8 Å². The fraction of sp³-hybridized carbons (Fsp3) is 0.400. The predicted molar refractivity (Wildman–Crippen MR) is 125 cm³/mol. The van der Waals surface area contributed by atoms with Gasteiger partial charge >= 0.3 is 5.97 Å². The third-order valence-electron chi connectivity index (χ3n) is 5.81. The summed E-state index contributed by atoms with van der Waals surface area (Å²) >= 11 is 0. The second kappa shape index (κ2) is 11.6. The van der Waals surface area contributed by atoms with Gasteiger partial charge in [0.15, 0.2) is 0 Å². The molecule has 0 aliphatic carbocycles. The first kappa shape index (κ1) is 23.8. The maximum atomic E-state index is 12.3. The molecule has 0 unspecified atom stereocenters. The number of alkyl halides is 1. The number of carbonyl (C=O) groups is 1. The molecule has 0 atom stereocenters. The molecule has 32 heavy (non-hydrogen) atoms. The number of nitrogens with zero attached hydrogens (tertiary/aromatic N) is 2. The number of ether oxygens (including phenoxy) is 1. The molecule has 0 saturated carbocycles. The molecule has 1 aliphatic rings. The third-order valence-corrected chi connectivity index (χ3v) is 5.81. The molecule has 1 saturated heterocycles. The fourth-order valence-corrected chi connectivity index (χ4v) is 4.04. The number of fused-ring (bicyclic) bond motifs is 1. The number of aryl methyl sites for hydroxylation is 1. The Balaban J connectivity index is 0.000000269. The Morgan fingerprint density at radius 1 is 1.12 bits per heavy atom. The van der Waals surface area contributed by atoms with Gasteiger partial charge in [-0.15, -0.1) is 0 Å². The number of piperazine rings is 1. The molecule has 0 radical (unpaired) electrons. The molecule has 0 spiro atoms. The van der Waals surface area contributed by atoms with Crippen molar-refractivity contribution in [3.8, 4) is 5.75 Å². The van der Waals surface area contributed by atoms with Crippen molar-refractivity contribution in [1.82, 2.24) is 14.8 Å². The van der Waals surface area contributed by atoms with E-state index in [0.717, 1.165) is 45.0 Å². The highest BCUT2D eigenvalue weighted by atomic mass is 19.1. The minimum atomic E-state index is -0.879. The summed E-state index contributed by atoms with van der Waals surface area (Å²) in [6.07, 6.45) is 2.64. The first-order valence-electron chi connectivity index (χ1n) is 11.0. The van der Waals surface area contributed by atoms with Crippen LogP contribution in [0.25, 0.3) is 10.9 Å². The van der Waals surface area contributed by atoms with E-state index in [0.29, 0.717) is 12.0 Å². The summed E-state index contributed by atoms with van der Waals surface area (Å²) < 4.78 is 17.9. The number of aromatic amines is 1. The Hall–Kier alpha value is -2.90. The van der Waals surface area contributed by atoms with E-state index in [1.54, 1.807) is 37.4 Å². The van der Waals surface area contributed by atoms with Gasteiger partial charge in [0, 0.05) is 61.9 Å². The van der Waals surface area contributed by atoms with Crippen LogP contribution in [0.1, 0.15) is 27.9 Å². The Kier molecular flexibility index (Phi) is 8.64. The highest BCUT2D eigenvalue weighted by molar-refractivity contribution is 5.88. The number of carboxylic acids is 1. The Morgan fingerprint density at radius 2 is 1.81 bits per heavy atom. The van der Waals surface area contributed by atoms with Crippen LogP contribution in [-0.2, 0) is 6.54 Å². The van der Waals surface area contributed by atoms with Crippen LogP contribution in [0.5, 0.6) is 5.75 Å². The van der Waals surface area contributed by atoms with E-state index in [1.807, 2.05) is 6.20 Å². The van der Waals surface area contributed by atoms with Crippen molar-refractivity contribution in [2.75, 3.05) is 46.5 Å². The zero-order valence-corrected chi connectivity index (χ0v) is 18.8. The van der Waals surface area contributed by atoms with Crippen LogP contribution >= 0.6 is 0 Å². The summed E-state index contributed by atoms with van der Waals surface area (Å²) in [5.74, 6) is 0.0880. The first-order valence-corrected chi connectivity index (χ1v) is 11.0. The number of nitrogens with one attached hydrogen (secondary N) is 1. The van der Waals surface area contributed by atoms with Crippen LogP contribution in [0, 0.1) is 6.92 Å². The van der Waals surface area contributed by atoms with Gasteiger partial charge in [-0.25, -0.2) is 4.79 Å². The van der Waals surface area contributed by atoms with Crippen LogP contribution in [0.15, 0.2) is 48.7 Å². The third kappa shape index (κ3) is 6.08. The van der Waals surface area contributed by atoms with E-state index < -0.39 is 5.97 Å². The van der Waals surface area contributed by atoms with E-state index >= 15 is 0 Å². The molecule has 7 heteroatoms. The van der Waals surface area contributed by atoms with Crippen LogP contribution in [0.4, 0.5) is 4.39 Å². The highest BCUT2D eigenvalue weighted by Crippen LogP contribution is 2.31. The van der Waals surface area contributed by atoms with Gasteiger partial charge in [-0.2, -0.15) is 0 Å². The molecule has 2 heterocycles. The monoisotopic (exact) mass is 441 g/mol. The number of aromatic nitrogens is 1. The number of halogens is 1. The van der Waals surface area contributed by atoms with E-state index in [9.17, 15) is 9.18 Å². The van der Waals surface area contributed by atoms with Crippen molar-refractivity contribution in [3.05, 3.63) is 65.4 Å². The number of benzene rings is 2. The lowest BCUT2D eigenvalue weighted by Gasteiger charge is -2.35. The molecule has 2 N–H and O–H groups in total. The molecular formula is C25H32FN3O3. The predicted octanol–water partition coefficient (Wildman–Crippen LogP) is 4.35. The average molecular weight is 442 g/mol. The second-order valence-corrected chi connectivity index (χ2v) is 7.97. The Morgan fingerprint density at radius 3 is 2.41 bits per heavy atom. The summed E-state index contributed by atoms with van der Waals surface area (Å²) in [7, 11) is 1.74. The second-order valence-electron chi connectivity index (χ2n) is 7.97. The summed E-state index contributed by atoms with van der Waals surface area (Å²) in [4.78, 5) is 18.3. The SMILES string of the molecule is COc1cc(C)c2[nH]ccc2c1CN1CCN(CCCF)CC1.O=C(O)c1ccccc1. The van der Waals surface area contributed by atoms with Crippen molar-refractivity contribution < 1.29 is 19.0 Å². The number of methoxy groups -OCH3 is 1. The molecule has 2 aromatic carbocycles. The van der Waals surface area contributed by atoms with Gasteiger partial charge in [-0.1, -0.05) is 18.2 Å². The van der Waals surface area contributed by atoms with Crippen molar-refractivity contribution in [3.63, 3.8) is 0 Å². The minimum absolute atomic E-state index is 0.216. The number of carboxylic acid groups (broad SMARTS) is 1. The average Bonchev–Trinajstić information content (AvgIpc) is 3.32. The zero-order valence-electron chi connectivity index (χ0n) is 18.8. The number of rotatable bonds is 7. The topological polar surface area (TPSA) is 68.8 Å². The van der Waals surface area contributed by atoms with Crippen molar-refractivity contribution >= 4 is 16.9 Å². The molecule has 1 fully saturated rings. The van der Waals surface area contributed by atoms with Gasteiger partial charge < -0.3 is 19.7 Å². The highest BCUT2D eigenvalue weighted by Gasteiger charge is 2.20. The summed E-state index contributed by atoms with van der Waals surface area (Å²) in [6, 6.07) is 12.5. The molecule has 4 rings (SSSR count).